The molecule has 2 heterocycles. The van der Waals surface area contributed by atoms with E-state index in [0.29, 0.717) is 11.5 Å². The van der Waals surface area contributed by atoms with Crippen LogP contribution in [0.2, 0.25) is 0 Å². The van der Waals surface area contributed by atoms with Crippen molar-refractivity contribution in [2.45, 2.75) is 6.42 Å². The fourth-order valence-corrected chi connectivity index (χ4v) is 2.24. The molecule has 6 heteroatoms. The molecule has 2 aromatic heterocycles. The number of carbonyl (C=O) groups excluding carboxylic acids is 1. The van der Waals surface area contributed by atoms with Crippen molar-refractivity contribution >= 4 is 11.7 Å². The number of rotatable bonds is 5. The van der Waals surface area contributed by atoms with E-state index in [-0.39, 0.29) is 12.3 Å². The number of nitrogens with one attached hydrogen (secondary N) is 1. The van der Waals surface area contributed by atoms with E-state index in [4.69, 9.17) is 4.74 Å². The maximum Gasteiger partial charge on any atom is 0.229 e. The molecule has 0 unspecified atom stereocenters. The van der Waals surface area contributed by atoms with Gasteiger partial charge in [-0.3, -0.25) is 9.78 Å². The fourth-order valence-electron chi connectivity index (χ4n) is 2.24. The first-order chi connectivity index (χ1) is 11.7. The molecular weight excluding hydrogens is 304 g/mol. The molecule has 0 radical (unpaired) electrons. The van der Waals surface area contributed by atoms with Crippen LogP contribution < -0.4 is 10.1 Å². The predicted molar refractivity (Wildman–Crippen MR) is 90.6 cm³/mol. The van der Waals surface area contributed by atoms with Crippen molar-refractivity contribution in [2.24, 2.45) is 0 Å². The molecule has 0 aliphatic heterocycles. The number of carbonyl (C=O) groups is 1. The zero-order chi connectivity index (χ0) is 16.8. The minimum Gasteiger partial charge on any atom is -0.497 e. The molecule has 0 bridgehead atoms. The van der Waals surface area contributed by atoms with Crippen molar-refractivity contribution in [2.75, 3.05) is 12.4 Å². The van der Waals surface area contributed by atoms with Crippen LogP contribution >= 0.6 is 0 Å². The van der Waals surface area contributed by atoms with E-state index in [9.17, 15) is 4.79 Å². The Labute approximate surface area is 139 Å². The molecule has 0 fully saturated rings. The van der Waals surface area contributed by atoms with Gasteiger partial charge in [-0.05, 0) is 29.8 Å². The number of pyridine rings is 1. The van der Waals surface area contributed by atoms with E-state index in [1.54, 1.807) is 37.7 Å². The Bertz CT molecular complexity index is 837. The van der Waals surface area contributed by atoms with Crippen LogP contribution in [0.1, 0.15) is 5.56 Å². The first-order valence-electron chi connectivity index (χ1n) is 7.40. The minimum absolute atomic E-state index is 0.142. The highest BCUT2D eigenvalue weighted by molar-refractivity contribution is 5.91. The summed E-state index contributed by atoms with van der Waals surface area (Å²) in [4.78, 5) is 24.4. The fraction of sp³-hybridized carbons (Fsp3) is 0.111. The van der Waals surface area contributed by atoms with Gasteiger partial charge in [0.1, 0.15) is 17.9 Å². The summed E-state index contributed by atoms with van der Waals surface area (Å²) in [5.74, 6) is 1.06. The van der Waals surface area contributed by atoms with Gasteiger partial charge in [0.05, 0.1) is 19.2 Å². The first-order valence-corrected chi connectivity index (χ1v) is 7.40. The minimum atomic E-state index is -0.142. The Hall–Kier alpha value is -3.28. The number of amides is 1. The summed E-state index contributed by atoms with van der Waals surface area (Å²) in [6.07, 6.45) is 5.01. The number of benzene rings is 1. The molecule has 3 aromatic rings. The molecule has 24 heavy (non-hydrogen) atoms. The van der Waals surface area contributed by atoms with Crippen LogP contribution in [-0.4, -0.2) is 28.0 Å². The Morgan fingerprint density at radius 2 is 1.96 bits per heavy atom. The number of aromatic nitrogens is 3. The van der Waals surface area contributed by atoms with Gasteiger partial charge in [-0.15, -0.1) is 0 Å². The van der Waals surface area contributed by atoms with Gasteiger partial charge in [0.15, 0.2) is 0 Å². The van der Waals surface area contributed by atoms with E-state index < -0.39 is 0 Å². The van der Waals surface area contributed by atoms with Crippen molar-refractivity contribution in [3.8, 4) is 17.0 Å². The van der Waals surface area contributed by atoms with E-state index in [0.717, 1.165) is 16.9 Å². The monoisotopic (exact) mass is 320 g/mol. The van der Waals surface area contributed by atoms with Crippen molar-refractivity contribution in [1.29, 1.82) is 0 Å². The first kappa shape index (κ1) is 15.6. The zero-order valence-electron chi connectivity index (χ0n) is 13.1. The number of hydrogen-bond donors (Lipinski definition) is 1. The molecule has 0 saturated carbocycles. The lowest BCUT2D eigenvalue weighted by Gasteiger charge is -2.07. The highest BCUT2D eigenvalue weighted by atomic mass is 16.5. The van der Waals surface area contributed by atoms with Crippen LogP contribution in [0.4, 0.5) is 5.82 Å². The average Bonchev–Trinajstić information content (AvgIpc) is 2.63. The molecule has 0 spiro atoms. The second-order valence-corrected chi connectivity index (χ2v) is 5.10. The van der Waals surface area contributed by atoms with Gasteiger partial charge in [0.25, 0.3) is 0 Å². The standard InChI is InChI=1S/C18H16N4O2/c1-24-15-4-2-3-14(10-15)16-11-17(21-12-20-16)22-18(23)9-13-5-7-19-8-6-13/h2-8,10-12H,9H2,1H3,(H,20,21,22,23). The van der Waals surface area contributed by atoms with Crippen LogP contribution in [0.25, 0.3) is 11.3 Å². The number of anilines is 1. The lowest BCUT2D eigenvalue weighted by molar-refractivity contribution is -0.115. The Morgan fingerprint density at radius 1 is 1.12 bits per heavy atom. The smallest absolute Gasteiger partial charge is 0.229 e. The Balaban J connectivity index is 1.74. The predicted octanol–water partition coefficient (Wildman–Crippen LogP) is 2.73. The molecule has 0 atom stereocenters. The summed E-state index contributed by atoms with van der Waals surface area (Å²) in [5, 5.41) is 2.79. The highest BCUT2D eigenvalue weighted by Gasteiger charge is 2.07. The highest BCUT2D eigenvalue weighted by Crippen LogP contribution is 2.23. The molecular formula is C18H16N4O2. The van der Waals surface area contributed by atoms with E-state index in [1.807, 2.05) is 24.3 Å². The second kappa shape index (κ2) is 7.32. The molecule has 1 amide bonds. The normalized spacial score (nSPS) is 10.2. The molecule has 1 N–H and O–H groups in total. The molecule has 0 aliphatic rings. The van der Waals surface area contributed by atoms with E-state index in [1.165, 1.54) is 6.33 Å². The third kappa shape index (κ3) is 3.92. The largest absolute Gasteiger partial charge is 0.497 e. The van der Waals surface area contributed by atoms with Crippen molar-refractivity contribution in [3.05, 3.63) is 66.7 Å². The molecule has 0 aliphatic carbocycles. The maximum atomic E-state index is 12.1. The van der Waals surface area contributed by atoms with Gasteiger partial charge in [0.2, 0.25) is 5.91 Å². The average molecular weight is 320 g/mol. The molecule has 120 valence electrons. The summed E-state index contributed by atoms with van der Waals surface area (Å²) in [6.45, 7) is 0. The summed E-state index contributed by atoms with van der Waals surface area (Å²) < 4.78 is 5.22. The molecule has 1 aromatic carbocycles. The van der Waals surface area contributed by atoms with Gasteiger partial charge in [-0.25, -0.2) is 9.97 Å². The third-order valence-electron chi connectivity index (χ3n) is 3.41. The van der Waals surface area contributed by atoms with Gasteiger partial charge >= 0.3 is 0 Å². The van der Waals surface area contributed by atoms with Crippen LogP contribution in [-0.2, 0) is 11.2 Å². The lowest BCUT2D eigenvalue weighted by atomic mass is 10.1. The van der Waals surface area contributed by atoms with E-state index in [2.05, 4.69) is 20.3 Å². The number of methoxy groups -OCH3 is 1. The maximum absolute atomic E-state index is 12.1. The van der Waals surface area contributed by atoms with Crippen molar-refractivity contribution in [3.63, 3.8) is 0 Å². The number of ether oxygens (including phenoxy) is 1. The van der Waals surface area contributed by atoms with Crippen LogP contribution in [0.3, 0.4) is 0 Å². The van der Waals surface area contributed by atoms with Crippen LogP contribution in [0.5, 0.6) is 5.75 Å². The molecule has 6 nitrogen and oxygen atoms in total. The topological polar surface area (TPSA) is 77.0 Å². The van der Waals surface area contributed by atoms with Gasteiger partial charge in [-0.2, -0.15) is 0 Å². The summed E-state index contributed by atoms with van der Waals surface area (Å²) in [6, 6.07) is 12.9. The number of hydrogen-bond acceptors (Lipinski definition) is 5. The van der Waals surface area contributed by atoms with E-state index >= 15 is 0 Å². The van der Waals surface area contributed by atoms with Crippen molar-refractivity contribution < 1.29 is 9.53 Å². The van der Waals surface area contributed by atoms with Crippen LogP contribution in [0.15, 0.2) is 61.2 Å². The molecule has 3 rings (SSSR count). The third-order valence-corrected chi connectivity index (χ3v) is 3.41. The summed E-state index contributed by atoms with van der Waals surface area (Å²) in [5.41, 5.74) is 2.49. The Kier molecular flexibility index (Phi) is 4.76. The van der Waals surface area contributed by atoms with Gasteiger partial charge in [0, 0.05) is 24.0 Å². The quantitative estimate of drug-likeness (QED) is 0.782. The van der Waals surface area contributed by atoms with Crippen molar-refractivity contribution in [1.82, 2.24) is 15.0 Å². The SMILES string of the molecule is COc1cccc(-c2cc(NC(=O)Cc3ccncc3)ncn2)c1. The number of nitrogens with zero attached hydrogens (tertiary/aromatic N) is 3. The Morgan fingerprint density at radius 3 is 2.75 bits per heavy atom. The summed E-state index contributed by atoms with van der Waals surface area (Å²) in [7, 11) is 1.61. The van der Waals surface area contributed by atoms with Gasteiger partial charge in [-0.1, -0.05) is 12.1 Å². The lowest BCUT2D eigenvalue weighted by Crippen LogP contribution is -2.15. The zero-order valence-corrected chi connectivity index (χ0v) is 13.1. The van der Waals surface area contributed by atoms with Crippen LogP contribution in [0, 0.1) is 0 Å². The van der Waals surface area contributed by atoms with Gasteiger partial charge < -0.3 is 10.1 Å². The molecule has 0 saturated heterocycles. The second-order valence-electron chi connectivity index (χ2n) is 5.10. The summed E-state index contributed by atoms with van der Waals surface area (Å²) >= 11 is 0.